The van der Waals surface area contributed by atoms with Gasteiger partial charge in [-0.3, -0.25) is 0 Å². The van der Waals surface area contributed by atoms with Gasteiger partial charge in [0.25, 0.3) is 0 Å². The minimum absolute atomic E-state index is 0.0531. The van der Waals surface area contributed by atoms with Gasteiger partial charge in [0, 0.05) is 34.6 Å². The minimum atomic E-state index is -0.248. The second-order valence-electron chi connectivity index (χ2n) is 24.2. The minimum Gasteiger partial charge on any atom is -0.491 e. The van der Waals surface area contributed by atoms with Crippen LogP contribution in [0.15, 0.2) is 182 Å². The summed E-state index contributed by atoms with van der Waals surface area (Å²) in [5.74, 6) is 3.58. The summed E-state index contributed by atoms with van der Waals surface area (Å²) < 4.78 is 23.6. The monoisotopic (exact) mass is 1150 g/mol. The Morgan fingerprint density at radius 2 is 0.791 bits per heavy atom. The van der Waals surface area contributed by atoms with Crippen LogP contribution >= 0.6 is 0 Å². The van der Waals surface area contributed by atoms with Crippen LogP contribution < -0.4 is 30.7 Å². The number of amides is 4. The third kappa shape index (κ3) is 17.7. The first-order valence-electron chi connectivity index (χ1n) is 30.9. The van der Waals surface area contributed by atoms with Gasteiger partial charge in [0.2, 0.25) is 0 Å². The fraction of sp³-hybridized carbons (Fsp3) is 0.342. The van der Waals surface area contributed by atoms with E-state index in [0.29, 0.717) is 51.5 Å². The number of urea groups is 2. The molecule has 0 aromatic heterocycles. The van der Waals surface area contributed by atoms with E-state index in [-0.39, 0.29) is 47.6 Å². The molecule has 0 spiro atoms. The smallest absolute Gasteiger partial charge is 0.323 e. The van der Waals surface area contributed by atoms with E-state index in [0.717, 1.165) is 89.9 Å². The lowest BCUT2D eigenvalue weighted by Crippen LogP contribution is -2.22. The molecule has 2 unspecified atom stereocenters. The predicted octanol–water partition coefficient (Wildman–Crippen LogP) is 19.8. The summed E-state index contributed by atoms with van der Waals surface area (Å²) in [7, 11) is 0. The zero-order valence-corrected chi connectivity index (χ0v) is 52.6. The summed E-state index contributed by atoms with van der Waals surface area (Å²) in [5.41, 5.74) is 17.2. The molecule has 2 aliphatic carbocycles. The Balaban J connectivity index is 0.707. The van der Waals surface area contributed by atoms with Gasteiger partial charge in [0.1, 0.15) is 24.7 Å². The van der Waals surface area contributed by atoms with E-state index in [2.05, 4.69) is 238 Å². The molecule has 4 amide bonds. The third-order valence-corrected chi connectivity index (χ3v) is 15.7. The van der Waals surface area contributed by atoms with Crippen molar-refractivity contribution in [3.63, 3.8) is 0 Å². The molecule has 4 N–H and O–H groups in total. The van der Waals surface area contributed by atoms with Crippen molar-refractivity contribution < 1.29 is 28.5 Å². The number of hydrogen-bond acceptors (Lipinski definition) is 6. The van der Waals surface area contributed by atoms with Gasteiger partial charge in [-0.25, -0.2) is 9.59 Å². The molecule has 6 aromatic carbocycles. The van der Waals surface area contributed by atoms with Crippen molar-refractivity contribution in [2.45, 2.75) is 130 Å². The van der Waals surface area contributed by atoms with Gasteiger partial charge in [-0.15, -0.1) is 0 Å². The van der Waals surface area contributed by atoms with Crippen molar-refractivity contribution in [2.24, 2.45) is 0 Å². The second-order valence-corrected chi connectivity index (χ2v) is 24.2. The average Bonchev–Trinajstić information content (AvgIpc) is 3.22. The van der Waals surface area contributed by atoms with Crippen molar-refractivity contribution in [3.05, 3.63) is 238 Å². The molecule has 0 aliphatic heterocycles. The van der Waals surface area contributed by atoms with E-state index in [1.807, 2.05) is 48.5 Å². The zero-order chi connectivity index (χ0) is 61.3. The van der Waals surface area contributed by atoms with E-state index in [4.69, 9.17) is 18.9 Å². The van der Waals surface area contributed by atoms with Crippen LogP contribution in [0, 0.1) is 0 Å². The summed E-state index contributed by atoms with van der Waals surface area (Å²) in [6.45, 7) is 28.9. The molecule has 86 heavy (non-hydrogen) atoms. The largest absolute Gasteiger partial charge is 0.491 e. The fourth-order valence-electron chi connectivity index (χ4n) is 10.6. The molecule has 8 rings (SSSR count). The van der Waals surface area contributed by atoms with Gasteiger partial charge in [0.15, 0.2) is 0 Å². The van der Waals surface area contributed by atoms with Crippen LogP contribution in [0.25, 0.3) is 11.1 Å². The van der Waals surface area contributed by atoms with Crippen molar-refractivity contribution in [2.75, 3.05) is 60.9 Å². The number of nitrogens with one attached hydrogen (secondary N) is 4. The Bertz CT molecular complexity index is 3360. The van der Waals surface area contributed by atoms with Gasteiger partial charge in [-0.1, -0.05) is 217 Å². The zero-order valence-electron chi connectivity index (χ0n) is 52.6. The Morgan fingerprint density at radius 3 is 1.21 bits per heavy atom. The lowest BCUT2D eigenvalue weighted by Gasteiger charge is -2.23. The number of rotatable bonds is 25. The number of carbonyl (C=O) groups is 2. The van der Waals surface area contributed by atoms with E-state index in [9.17, 15) is 9.59 Å². The molecule has 0 fully saturated rings. The molecule has 10 heteroatoms. The molecular weight excluding hydrogens is 1060 g/mol. The van der Waals surface area contributed by atoms with Gasteiger partial charge in [-0.05, 0) is 151 Å². The van der Waals surface area contributed by atoms with Gasteiger partial charge < -0.3 is 40.2 Å². The first-order valence-corrected chi connectivity index (χ1v) is 30.9. The quantitative estimate of drug-likeness (QED) is 0.0424. The predicted molar refractivity (Wildman–Crippen MR) is 359 cm³/mol. The highest BCUT2D eigenvalue weighted by Crippen LogP contribution is 2.39. The molecule has 0 saturated carbocycles. The first kappa shape index (κ1) is 63.8. The SMILES string of the molecule is CC(C)c1cc(C(C)C)c(NC(=O)Nc2ccc(C3C=CC=C(c4ccc(OCCOCCOCCOc5ccc(C6=CC(c7ccc(NC(=O)Nc8c(C(C)C)cc(C(C)C)cc8C(C)C)cc7)C=CC=C6)cc5)cc4)C=C3)cc2)c(C(C)C)c1. The Morgan fingerprint density at radius 1 is 0.395 bits per heavy atom. The number of hydrogen-bond donors (Lipinski definition) is 4. The summed E-state index contributed by atoms with van der Waals surface area (Å²) in [6, 6.07) is 40.9. The maximum Gasteiger partial charge on any atom is 0.323 e. The van der Waals surface area contributed by atoms with Crippen LogP contribution in [0.5, 0.6) is 11.5 Å². The van der Waals surface area contributed by atoms with Crippen LogP contribution in [0.4, 0.5) is 32.3 Å². The van der Waals surface area contributed by atoms with Gasteiger partial charge in [-0.2, -0.15) is 0 Å². The number of carbonyl (C=O) groups excluding carboxylic acids is 2. The molecule has 2 aliphatic rings. The number of allylic oxidation sites excluding steroid dienone is 12. The molecule has 0 radical (unpaired) electrons. The Kier molecular flexibility index (Phi) is 22.8. The fourth-order valence-corrected chi connectivity index (χ4v) is 10.6. The van der Waals surface area contributed by atoms with E-state index in [1.54, 1.807) is 0 Å². The van der Waals surface area contributed by atoms with E-state index >= 15 is 0 Å². The molecule has 0 heterocycles. The van der Waals surface area contributed by atoms with Gasteiger partial charge >= 0.3 is 12.1 Å². The number of benzene rings is 6. The van der Waals surface area contributed by atoms with Crippen LogP contribution in [-0.4, -0.2) is 51.7 Å². The average molecular weight is 1160 g/mol. The summed E-state index contributed by atoms with van der Waals surface area (Å²) >= 11 is 0. The van der Waals surface area contributed by atoms with Crippen molar-refractivity contribution in [1.82, 2.24) is 0 Å². The maximum absolute atomic E-state index is 13.4. The normalized spacial score (nSPS) is 14.9. The lowest BCUT2D eigenvalue weighted by atomic mass is 9.87. The second kappa shape index (κ2) is 30.8. The van der Waals surface area contributed by atoms with E-state index < -0.39 is 0 Å². The van der Waals surface area contributed by atoms with Crippen molar-refractivity contribution >= 4 is 46.0 Å². The highest BCUT2D eigenvalue weighted by Gasteiger charge is 2.22. The van der Waals surface area contributed by atoms with Crippen LogP contribution in [0.2, 0.25) is 0 Å². The molecule has 450 valence electrons. The Labute approximate surface area is 512 Å². The van der Waals surface area contributed by atoms with Crippen molar-refractivity contribution in [1.29, 1.82) is 0 Å². The molecule has 2 atom stereocenters. The molecule has 0 saturated heterocycles. The Hall–Kier alpha value is -8.18. The first-order chi connectivity index (χ1) is 41.4. The molecule has 6 aromatic rings. The third-order valence-electron chi connectivity index (χ3n) is 15.7. The highest BCUT2D eigenvalue weighted by atomic mass is 16.6. The summed E-state index contributed by atoms with van der Waals surface area (Å²) in [6.07, 6.45) is 21.5. The molecule has 10 nitrogen and oxygen atoms in total. The maximum atomic E-state index is 13.4. The number of ether oxygens (including phenoxy) is 4. The highest BCUT2D eigenvalue weighted by molar-refractivity contribution is 6.02. The molecule has 0 bridgehead atoms. The van der Waals surface area contributed by atoms with Crippen LogP contribution in [0.3, 0.4) is 0 Å². The van der Waals surface area contributed by atoms with Crippen LogP contribution in [-0.2, 0) is 9.47 Å². The van der Waals surface area contributed by atoms with E-state index in [1.165, 1.54) is 11.1 Å². The standard InChI is InChI=1S/C76H90N4O6/c1-49(2)63-45-69(51(5)6)73(70(46-63)52(7)8)79-75(81)77-65-30-22-57(23-31-65)55-18-15-19-56(21-20-55)58-26-34-67(35-27-58)85-42-40-83-38-39-84-41-43-86-68-36-28-60(29-37-68)62-17-14-13-16-61(44-62)59-24-32-66(33-25-59)78-76(82)80-74-71(53(9)10)47-64(50(3)4)48-72(74)54(11)12/h13-37,44-55,61H,38-43H2,1-12H3,(H2,77,79,81)(H2,78,80,82). The molecular formula is C76H90N4O6. The van der Waals surface area contributed by atoms with Crippen LogP contribution in [0.1, 0.15) is 186 Å². The lowest BCUT2D eigenvalue weighted by molar-refractivity contribution is 0.0273. The van der Waals surface area contributed by atoms with Crippen molar-refractivity contribution in [3.8, 4) is 11.5 Å². The topological polar surface area (TPSA) is 119 Å². The summed E-state index contributed by atoms with van der Waals surface area (Å²) in [4.78, 5) is 26.8. The van der Waals surface area contributed by atoms with Gasteiger partial charge in [0.05, 0.1) is 26.4 Å². The summed E-state index contributed by atoms with van der Waals surface area (Å²) in [5, 5.41) is 12.5. The number of anilines is 4.